The highest BCUT2D eigenvalue weighted by Gasteiger charge is 2.36. The van der Waals surface area contributed by atoms with Crippen molar-refractivity contribution in [2.75, 3.05) is 6.61 Å². The van der Waals surface area contributed by atoms with Crippen molar-refractivity contribution in [1.29, 1.82) is 0 Å². The third kappa shape index (κ3) is 3.72. The van der Waals surface area contributed by atoms with E-state index in [4.69, 9.17) is 0 Å². The summed E-state index contributed by atoms with van der Waals surface area (Å²) in [5.74, 6) is -0.366. The summed E-state index contributed by atoms with van der Waals surface area (Å²) < 4.78 is 0. The lowest BCUT2D eigenvalue weighted by atomic mass is 10.0. The molecule has 3 rings (SSSR count). The monoisotopic (exact) mass is 338 g/mol. The summed E-state index contributed by atoms with van der Waals surface area (Å²) in [6, 6.07) is 16.1. The first-order valence-electron chi connectivity index (χ1n) is 8.44. The summed E-state index contributed by atoms with van der Waals surface area (Å²) in [7, 11) is 0. The van der Waals surface area contributed by atoms with Crippen LogP contribution >= 0.6 is 0 Å². The number of aliphatic hydroxyl groups excluding tert-OH is 1. The van der Waals surface area contributed by atoms with Gasteiger partial charge in [0.1, 0.15) is 6.04 Å². The van der Waals surface area contributed by atoms with Gasteiger partial charge in [0.15, 0.2) is 0 Å². The van der Waals surface area contributed by atoms with E-state index in [1.807, 2.05) is 48.5 Å². The van der Waals surface area contributed by atoms with E-state index in [1.165, 1.54) is 0 Å². The molecule has 2 N–H and O–H groups in total. The number of rotatable bonds is 6. The molecule has 0 aliphatic carbocycles. The molecule has 0 fully saturated rings. The van der Waals surface area contributed by atoms with Crippen LogP contribution in [0.1, 0.15) is 28.4 Å². The Kier molecular flexibility index (Phi) is 5.14. The number of fused-ring (bicyclic) bond motifs is 1. The maximum atomic E-state index is 12.8. The van der Waals surface area contributed by atoms with E-state index >= 15 is 0 Å². The summed E-state index contributed by atoms with van der Waals surface area (Å²) in [5, 5.41) is 12.0. The molecule has 5 nitrogen and oxygen atoms in total. The van der Waals surface area contributed by atoms with Crippen LogP contribution in [0.2, 0.25) is 0 Å². The molecule has 0 saturated heterocycles. The molecule has 2 aromatic rings. The highest BCUT2D eigenvalue weighted by atomic mass is 16.3. The van der Waals surface area contributed by atoms with Gasteiger partial charge < -0.3 is 15.3 Å². The average molecular weight is 338 g/mol. The summed E-state index contributed by atoms with van der Waals surface area (Å²) >= 11 is 0. The van der Waals surface area contributed by atoms with Gasteiger partial charge in [0.2, 0.25) is 5.91 Å². The van der Waals surface area contributed by atoms with Gasteiger partial charge in [-0.05, 0) is 24.1 Å². The predicted octanol–water partition coefficient (Wildman–Crippen LogP) is 1.75. The molecule has 5 heteroatoms. The fourth-order valence-corrected chi connectivity index (χ4v) is 3.10. The molecule has 1 aliphatic rings. The Labute approximate surface area is 147 Å². The second-order valence-electron chi connectivity index (χ2n) is 6.39. The lowest BCUT2D eigenvalue weighted by Gasteiger charge is -2.28. The smallest absolute Gasteiger partial charge is 0.255 e. The van der Waals surface area contributed by atoms with E-state index in [9.17, 15) is 14.7 Å². The highest BCUT2D eigenvalue weighted by Crippen LogP contribution is 2.26. The standard InChI is InChI=1S/C20H22N2O3/c1-14(13-23)21-19(24)18(11-15-7-3-2-4-8-15)22-12-16-9-5-6-10-17(16)20(22)25/h2-10,14,18,23H,11-13H2,1H3,(H,21,24)/t14-,18?/m0/s1. The fourth-order valence-electron chi connectivity index (χ4n) is 3.10. The third-order valence-corrected chi connectivity index (χ3v) is 4.46. The highest BCUT2D eigenvalue weighted by molar-refractivity contribution is 6.01. The summed E-state index contributed by atoms with van der Waals surface area (Å²) in [5.41, 5.74) is 2.58. The van der Waals surface area contributed by atoms with Gasteiger partial charge in [-0.2, -0.15) is 0 Å². The molecule has 1 heterocycles. The van der Waals surface area contributed by atoms with E-state index in [-0.39, 0.29) is 24.5 Å². The molecule has 0 saturated carbocycles. The summed E-state index contributed by atoms with van der Waals surface area (Å²) in [4.78, 5) is 27.2. The van der Waals surface area contributed by atoms with E-state index in [1.54, 1.807) is 17.9 Å². The lowest BCUT2D eigenvalue weighted by molar-refractivity contribution is -0.126. The van der Waals surface area contributed by atoms with Crippen LogP contribution in [-0.2, 0) is 17.8 Å². The molecule has 0 aromatic heterocycles. The van der Waals surface area contributed by atoms with E-state index in [2.05, 4.69) is 5.32 Å². The van der Waals surface area contributed by atoms with Crippen LogP contribution in [0.15, 0.2) is 54.6 Å². The summed E-state index contributed by atoms with van der Waals surface area (Å²) in [6.45, 7) is 2.02. The molecular weight excluding hydrogens is 316 g/mol. The van der Waals surface area contributed by atoms with Crippen LogP contribution in [0.4, 0.5) is 0 Å². The fraction of sp³-hybridized carbons (Fsp3) is 0.300. The number of benzene rings is 2. The van der Waals surface area contributed by atoms with Crippen LogP contribution in [0.3, 0.4) is 0 Å². The molecule has 130 valence electrons. The number of amides is 2. The van der Waals surface area contributed by atoms with Crippen LogP contribution < -0.4 is 5.32 Å². The molecule has 2 amide bonds. The minimum Gasteiger partial charge on any atom is -0.394 e. The van der Waals surface area contributed by atoms with Gasteiger partial charge in [-0.3, -0.25) is 9.59 Å². The molecule has 1 aliphatic heterocycles. The first-order chi connectivity index (χ1) is 12.1. The van der Waals surface area contributed by atoms with Crippen LogP contribution in [0, 0.1) is 0 Å². The Morgan fingerprint density at radius 2 is 1.84 bits per heavy atom. The van der Waals surface area contributed by atoms with Crippen molar-refractivity contribution < 1.29 is 14.7 Å². The van der Waals surface area contributed by atoms with Crippen molar-refractivity contribution in [3.05, 3.63) is 71.3 Å². The summed E-state index contributed by atoms with van der Waals surface area (Å²) in [6.07, 6.45) is 0.435. The predicted molar refractivity (Wildman–Crippen MR) is 94.9 cm³/mol. The zero-order valence-corrected chi connectivity index (χ0v) is 14.2. The van der Waals surface area contributed by atoms with Gasteiger partial charge in [-0.15, -0.1) is 0 Å². The first kappa shape index (κ1) is 17.2. The Morgan fingerprint density at radius 1 is 1.16 bits per heavy atom. The zero-order chi connectivity index (χ0) is 17.8. The molecule has 0 spiro atoms. The number of carbonyl (C=O) groups is 2. The quantitative estimate of drug-likeness (QED) is 0.843. The van der Waals surface area contributed by atoms with E-state index in [0.29, 0.717) is 18.5 Å². The van der Waals surface area contributed by atoms with Gasteiger partial charge in [0, 0.05) is 24.6 Å². The number of hydrogen-bond donors (Lipinski definition) is 2. The normalized spacial score (nSPS) is 15.6. The number of nitrogens with one attached hydrogen (secondary N) is 1. The van der Waals surface area contributed by atoms with Crippen molar-refractivity contribution >= 4 is 11.8 Å². The minimum absolute atomic E-state index is 0.122. The molecule has 2 aromatic carbocycles. The van der Waals surface area contributed by atoms with Gasteiger partial charge in [0.25, 0.3) is 5.91 Å². The minimum atomic E-state index is -0.615. The van der Waals surface area contributed by atoms with Crippen LogP contribution in [-0.4, -0.2) is 40.5 Å². The van der Waals surface area contributed by atoms with Crippen molar-refractivity contribution in [2.45, 2.75) is 32.0 Å². The number of aliphatic hydroxyl groups is 1. The maximum absolute atomic E-state index is 12.8. The third-order valence-electron chi connectivity index (χ3n) is 4.46. The van der Waals surface area contributed by atoms with Crippen LogP contribution in [0.25, 0.3) is 0 Å². The molecule has 25 heavy (non-hydrogen) atoms. The molecular formula is C20H22N2O3. The van der Waals surface area contributed by atoms with Crippen molar-refractivity contribution in [2.24, 2.45) is 0 Å². The second-order valence-corrected chi connectivity index (χ2v) is 6.39. The van der Waals surface area contributed by atoms with E-state index in [0.717, 1.165) is 11.1 Å². The largest absolute Gasteiger partial charge is 0.394 e. The van der Waals surface area contributed by atoms with E-state index < -0.39 is 6.04 Å². The average Bonchev–Trinajstić information content (AvgIpc) is 2.97. The topological polar surface area (TPSA) is 69.6 Å². The van der Waals surface area contributed by atoms with Crippen molar-refractivity contribution in [3.63, 3.8) is 0 Å². The van der Waals surface area contributed by atoms with Gasteiger partial charge in [0.05, 0.1) is 6.61 Å². The van der Waals surface area contributed by atoms with Gasteiger partial charge in [-0.1, -0.05) is 48.5 Å². The number of hydrogen-bond acceptors (Lipinski definition) is 3. The molecule has 2 atom stereocenters. The van der Waals surface area contributed by atoms with Crippen molar-refractivity contribution in [1.82, 2.24) is 10.2 Å². The maximum Gasteiger partial charge on any atom is 0.255 e. The Bertz CT molecular complexity index is 761. The first-order valence-corrected chi connectivity index (χ1v) is 8.44. The molecule has 0 radical (unpaired) electrons. The Morgan fingerprint density at radius 3 is 2.52 bits per heavy atom. The Balaban J connectivity index is 1.86. The molecule has 0 bridgehead atoms. The number of nitrogens with zero attached hydrogens (tertiary/aromatic N) is 1. The number of carbonyl (C=O) groups excluding carboxylic acids is 2. The second kappa shape index (κ2) is 7.49. The van der Waals surface area contributed by atoms with Gasteiger partial charge >= 0.3 is 0 Å². The lowest BCUT2D eigenvalue weighted by Crippen LogP contribution is -2.51. The van der Waals surface area contributed by atoms with Crippen molar-refractivity contribution in [3.8, 4) is 0 Å². The Hall–Kier alpha value is -2.66. The zero-order valence-electron chi connectivity index (χ0n) is 14.2. The van der Waals surface area contributed by atoms with Crippen LogP contribution in [0.5, 0.6) is 0 Å². The SMILES string of the molecule is C[C@@H](CO)NC(=O)C(Cc1ccccc1)N1Cc2ccccc2C1=O. The van der Waals surface area contributed by atoms with Gasteiger partial charge in [-0.25, -0.2) is 0 Å². The molecule has 1 unspecified atom stereocenters.